The van der Waals surface area contributed by atoms with E-state index in [2.05, 4.69) is 42.3 Å². The predicted octanol–water partition coefficient (Wildman–Crippen LogP) is 3.21. The van der Waals surface area contributed by atoms with Crippen LogP contribution in [0.15, 0.2) is 18.2 Å². The maximum Gasteiger partial charge on any atom is 0.123 e. The molecule has 0 saturated carbocycles. The number of piperidine rings is 1. The van der Waals surface area contributed by atoms with Gasteiger partial charge < -0.3 is 10.1 Å². The number of likely N-dealkylation sites (tertiary alicyclic amines) is 1. The van der Waals surface area contributed by atoms with Crippen LogP contribution in [-0.2, 0) is 6.54 Å². The van der Waals surface area contributed by atoms with Crippen molar-refractivity contribution < 1.29 is 4.74 Å². The van der Waals surface area contributed by atoms with Gasteiger partial charge in [0.2, 0.25) is 0 Å². The van der Waals surface area contributed by atoms with Gasteiger partial charge in [0.05, 0.1) is 7.11 Å². The molecule has 1 heterocycles. The summed E-state index contributed by atoms with van der Waals surface area (Å²) in [6.07, 6.45) is 2.63. The maximum atomic E-state index is 5.53. The van der Waals surface area contributed by atoms with Gasteiger partial charge in [0, 0.05) is 18.2 Å². The molecular formula is C17H28N2O. The summed E-state index contributed by atoms with van der Waals surface area (Å²) >= 11 is 0. The first kappa shape index (κ1) is 15.3. The molecule has 1 N–H and O–H groups in total. The van der Waals surface area contributed by atoms with E-state index in [0.717, 1.165) is 18.2 Å². The highest BCUT2D eigenvalue weighted by atomic mass is 16.5. The lowest BCUT2D eigenvalue weighted by Crippen LogP contribution is -2.32. The molecule has 20 heavy (non-hydrogen) atoms. The smallest absolute Gasteiger partial charge is 0.123 e. The van der Waals surface area contributed by atoms with Crippen molar-refractivity contribution in [1.82, 2.24) is 10.2 Å². The number of hydrogen-bond acceptors (Lipinski definition) is 3. The highest BCUT2D eigenvalue weighted by molar-refractivity contribution is 5.38. The summed E-state index contributed by atoms with van der Waals surface area (Å²) in [5.41, 5.74) is 2.63. The molecule has 1 fully saturated rings. The lowest BCUT2D eigenvalue weighted by atomic mass is 9.98. The topological polar surface area (TPSA) is 24.5 Å². The van der Waals surface area contributed by atoms with Crippen LogP contribution in [0.25, 0.3) is 0 Å². The Morgan fingerprint density at radius 1 is 1.35 bits per heavy atom. The van der Waals surface area contributed by atoms with Gasteiger partial charge in [0.1, 0.15) is 5.75 Å². The average molecular weight is 276 g/mol. The summed E-state index contributed by atoms with van der Waals surface area (Å²) in [4.78, 5) is 2.55. The maximum absolute atomic E-state index is 5.53. The third kappa shape index (κ3) is 3.74. The van der Waals surface area contributed by atoms with Crippen molar-refractivity contribution in [3.05, 3.63) is 29.3 Å². The summed E-state index contributed by atoms with van der Waals surface area (Å²) < 4.78 is 5.53. The SMILES string of the molecule is CNC(C)c1ccc(OC)c(CN2CCC(C)CC2)c1. The Kier molecular flexibility index (Phi) is 5.44. The Bertz CT molecular complexity index is 425. The van der Waals surface area contributed by atoms with E-state index in [0.29, 0.717) is 6.04 Å². The lowest BCUT2D eigenvalue weighted by Gasteiger charge is -2.30. The molecule has 3 nitrogen and oxygen atoms in total. The van der Waals surface area contributed by atoms with Gasteiger partial charge in [-0.2, -0.15) is 0 Å². The van der Waals surface area contributed by atoms with Crippen LogP contribution < -0.4 is 10.1 Å². The molecule has 1 saturated heterocycles. The van der Waals surface area contributed by atoms with E-state index in [1.54, 1.807) is 7.11 Å². The van der Waals surface area contributed by atoms with Crippen LogP contribution in [-0.4, -0.2) is 32.1 Å². The third-order valence-corrected chi connectivity index (χ3v) is 4.51. The number of nitrogens with one attached hydrogen (secondary N) is 1. The monoisotopic (exact) mass is 276 g/mol. The highest BCUT2D eigenvalue weighted by Crippen LogP contribution is 2.26. The number of ether oxygens (including phenoxy) is 1. The van der Waals surface area contributed by atoms with Gasteiger partial charge in [-0.25, -0.2) is 0 Å². The van der Waals surface area contributed by atoms with Gasteiger partial charge in [-0.05, 0) is 63.5 Å². The molecule has 0 radical (unpaired) electrons. The van der Waals surface area contributed by atoms with Gasteiger partial charge >= 0.3 is 0 Å². The van der Waals surface area contributed by atoms with Gasteiger partial charge in [0.25, 0.3) is 0 Å². The molecule has 1 aliphatic rings. The molecule has 0 aromatic heterocycles. The van der Waals surface area contributed by atoms with Crippen LogP contribution >= 0.6 is 0 Å². The second-order valence-electron chi connectivity index (χ2n) is 6.04. The third-order valence-electron chi connectivity index (χ3n) is 4.51. The summed E-state index contributed by atoms with van der Waals surface area (Å²) in [7, 11) is 3.76. The second-order valence-corrected chi connectivity index (χ2v) is 6.04. The largest absolute Gasteiger partial charge is 0.496 e. The predicted molar refractivity (Wildman–Crippen MR) is 84.1 cm³/mol. The van der Waals surface area contributed by atoms with E-state index in [1.807, 2.05) is 7.05 Å². The molecule has 2 rings (SSSR count). The highest BCUT2D eigenvalue weighted by Gasteiger charge is 2.17. The molecule has 0 bridgehead atoms. The van der Waals surface area contributed by atoms with E-state index in [9.17, 15) is 0 Å². The first-order chi connectivity index (χ1) is 9.63. The van der Waals surface area contributed by atoms with E-state index < -0.39 is 0 Å². The Balaban J connectivity index is 2.11. The Labute approximate surface area is 123 Å². The molecule has 1 unspecified atom stereocenters. The van der Waals surface area contributed by atoms with Crippen molar-refractivity contribution in [2.45, 2.75) is 39.3 Å². The molecule has 0 amide bonds. The summed E-state index contributed by atoms with van der Waals surface area (Å²) in [6.45, 7) is 7.95. The number of methoxy groups -OCH3 is 1. The number of nitrogens with zero attached hydrogens (tertiary/aromatic N) is 1. The van der Waals surface area contributed by atoms with E-state index in [1.165, 1.54) is 37.1 Å². The van der Waals surface area contributed by atoms with Crippen LogP contribution in [0.3, 0.4) is 0 Å². The summed E-state index contributed by atoms with van der Waals surface area (Å²) in [5.74, 6) is 1.89. The normalized spacial score (nSPS) is 19.0. The van der Waals surface area contributed by atoms with Crippen LogP contribution in [0.2, 0.25) is 0 Å². The fraction of sp³-hybridized carbons (Fsp3) is 0.647. The fourth-order valence-electron chi connectivity index (χ4n) is 2.82. The van der Waals surface area contributed by atoms with Crippen LogP contribution in [0.4, 0.5) is 0 Å². The average Bonchev–Trinajstić information content (AvgIpc) is 2.48. The minimum absolute atomic E-state index is 0.376. The first-order valence-corrected chi connectivity index (χ1v) is 7.70. The molecule has 1 aromatic carbocycles. The number of hydrogen-bond donors (Lipinski definition) is 1. The Morgan fingerprint density at radius 3 is 2.65 bits per heavy atom. The van der Waals surface area contributed by atoms with E-state index >= 15 is 0 Å². The van der Waals surface area contributed by atoms with Crippen LogP contribution in [0.5, 0.6) is 5.75 Å². The van der Waals surface area contributed by atoms with Crippen molar-refractivity contribution in [3.8, 4) is 5.75 Å². The van der Waals surface area contributed by atoms with Gasteiger partial charge in [0.15, 0.2) is 0 Å². The van der Waals surface area contributed by atoms with Crippen LogP contribution in [0, 0.1) is 5.92 Å². The van der Waals surface area contributed by atoms with Gasteiger partial charge in [-0.3, -0.25) is 4.90 Å². The molecule has 112 valence electrons. The molecular weight excluding hydrogens is 248 g/mol. The zero-order chi connectivity index (χ0) is 14.5. The minimum Gasteiger partial charge on any atom is -0.496 e. The van der Waals surface area contributed by atoms with Gasteiger partial charge in [-0.15, -0.1) is 0 Å². The fourth-order valence-corrected chi connectivity index (χ4v) is 2.82. The zero-order valence-corrected chi connectivity index (χ0v) is 13.3. The van der Waals surface area contributed by atoms with Gasteiger partial charge in [-0.1, -0.05) is 13.0 Å². The van der Waals surface area contributed by atoms with Crippen molar-refractivity contribution in [2.24, 2.45) is 5.92 Å². The molecule has 1 aliphatic heterocycles. The van der Waals surface area contributed by atoms with Crippen molar-refractivity contribution in [1.29, 1.82) is 0 Å². The minimum atomic E-state index is 0.376. The summed E-state index contributed by atoms with van der Waals surface area (Å²) in [5, 5.41) is 3.30. The van der Waals surface area contributed by atoms with E-state index in [4.69, 9.17) is 4.74 Å². The molecule has 0 aliphatic carbocycles. The Hall–Kier alpha value is -1.06. The van der Waals surface area contributed by atoms with Crippen LogP contribution in [0.1, 0.15) is 43.9 Å². The van der Waals surface area contributed by atoms with Crippen molar-refractivity contribution >= 4 is 0 Å². The van der Waals surface area contributed by atoms with Crippen molar-refractivity contribution in [2.75, 3.05) is 27.2 Å². The molecule has 1 aromatic rings. The quantitative estimate of drug-likeness (QED) is 0.894. The molecule has 3 heteroatoms. The lowest BCUT2D eigenvalue weighted by molar-refractivity contribution is 0.183. The van der Waals surface area contributed by atoms with Crippen molar-refractivity contribution in [3.63, 3.8) is 0 Å². The second kappa shape index (κ2) is 7.09. The zero-order valence-electron chi connectivity index (χ0n) is 13.3. The number of rotatable bonds is 5. The standard InChI is InChI=1S/C17H28N2O/c1-13-7-9-19(10-8-13)12-16-11-15(14(2)18-3)5-6-17(16)20-4/h5-6,11,13-14,18H,7-10,12H2,1-4H3. The molecule has 1 atom stereocenters. The Morgan fingerprint density at radius 2 is 2.05 bits per heavy atom. The molecule has 0 spiro atoms. The van der Waals surface area contributed by atoms with E-state index in [-0.39, 0.29) is 0 Å². The number of benzene rings is 1. The first-order valence-electron chi connectivity index (χ1n) is 7.70. The summed E-state index contributed by atoms with van der Waals surface area (Å²) in [6, 6.07) is 6.92.